The van der Waals surface area contributed by atoms with E-state index in [1.54, 1.807) is 7.11 Å². The van der Waals surface area contributed by atoms with Crippen LogP contribution in [0.3, 0.4) is 0 Å². The van der Waals surface area contributed by atoms with Gasteiger partial charge in [-0.15, -0.1) is 0 Å². The Hall–Kier alpha value is -4.25. The Morgan fingerprint density at radius 1 is 0.683 bits per heavy atom. The lowest BCUT2D eigenvalue weighted by Gasteiger charge is -2.19. The number of alkyl carbamates (subject to hydrolysis) is 1. The van der Waals surface area contributed by atoms with E-state index in [9.17, 15) is 4.79 Å². The van der Waals surface area contributed by atoms with Gasteiger partial charge in [-0.1, -0.05) is 91.7 Å². The van der Waals surface area contributed by atoms with Gasteiger partial charge >= 0.3 is 6.09 Å². The molecule has 0 fully saturated rings. The normalized spacial score (nSPS) is 11.1. The molecule has 0 spiro atoms. The summed E-state index contributed by atoms with van der Waals surface area (Å²) < 4.78 is 17.0. The zero-order valence-electron chi connectivity index (χ0n) is 24.6. The van der Waals surface area contributed by atoms with Crippen molar-refractivity contribution in [2.24, 2.45) is 0 Å². The highest BCUT2D eigenvalue weighted by Gasteiger charge is 2.15. The van der Waals surface area contributed by atoms with E-state index in [0.717, 1.165) is 48.3 Å². The molecule has 5 nitrogen and oxygen atoms in total. The summed E-state index contributed by atoms with van der Waals surface area (Å²) in [7, 11) is 1.67. The second kappa shape index (κ2) is 14.4. The first-order valence-electron chi connectivity index (χ1n) is 14.4. The summed E-state index contributed by atoms with van der Waals surface area (Å²) in [4.78, 5) is 11.7. The highest BCUT2D eigenvalue weighted by Crippen LogP contribution is 2.35. The molecule has 0 saturated heterocycles. The number of hydrogen-bond donors (Lipinski definition) is 1. The van der Waals surface area contributed by atoms with E-state index in [2.05, 4.69) is 84.2 Å². The summed E-state index contributed by atoms with van der Waals surface area (Å²) in [6.07, 6.45) is 3.51. The lowest BCUT2D eigenvalue weighted by Crippen LogP contribution is -2.32. The van der Waals surface area contributed by atoms with Gasteiger partial charge in [0.05, 0.1) is 13.7 Å². The van der Waals surface area contributed by atoms with Gasteiger partial charge < -0.3 is 19.5 Å². The molecule has 1 amide bonds. The van der Waals surface area contributed by atoms with Crippen LogP contribution >= 0.6 is 0 Å². The third-order valence-electron chi connectivity index (χ3n) is 6.71. The first-order chi connectivity index (χ1) is 19.8. The van der Waals surface area contributed by atoms with Crippen LogP contribution < -0.4 is 14.8 Å². The van der Waals surface area contributed by atoms with Crippen LogP contribution in [0.2, 0.25) is 0 Å². The van der Waals surface area contributed by atoms with Gasteiger partial charge in [0, 0.05) is 18.2 Å². The fourth-order valence-electron chi connectivity index (χ4n) is 4.58. The Labute approximate surface area is 244 Å². The van der Waals surface area contributed by atoms with Gasteiger partial charge in [0.2, 0.25) is 0 Å². The van der Waals surface area contributed by atoms with Crippen molar-refractivity contribution in [3.05, 3.63) is 97.1 Å². The van der Waals surface area contributed by atoms with Gasteiger partial charge in [-0.3, -0.25) is 0 Å². The third kappa shape index (κ3) is 9.14. The van der Waals surface area contributed by atoms with Crippen LogP contribution in [0.4, 0.5) is 4.79 Å². The summed E-state index contributed by atoms with van der Waals surface area (Å²) in [6, 6.07) is 33.7. The molecule has 0 atom stereocenters. The number of methoxy groups -OCH3 is 1. The molecule has 0 aliphatic carbocycles. The molecular formula is C36H41NO4. The minimum absolute atomic E-state index is 0.361. The van der Waals surface area contributed by atoms with Gasteiger partial charge in [-0.05, 0) is 73.6 Å². The topological polar surface area (TPSA) is 56.8 Å². The predicted molar refractivity (Wildman–Crippen MR) is 168 cm³/mol. The van der Waals surface area contributed by atoms with E-state index in [1.165, 1.54) is 22.3 Å². The summed E-state index contributed by atoms with van der Waals surface area (Å²) in [5.41, 5.74) is 6.45. The number of amides is 1. The molecule has 4 aromatic carbocycles. The van der Waals surface area contributed by atoms with Crippen LogP contribution in [0.5, 0.6) is 11.5 Å². The standard InChI is InChI=1S/C36H41NO4/c1-36(2,3)41-35(38)37-24-10-5-6-11-25-40-34-26-32(39-4)22-23-33(34)31-20-18-30(19-21-31)29-16-14-28(15-17-29)27-12-8-7-9-13-27/h7-9,12-23,26H,5-6,10-11,24-25H2,1-4H3,(H,37,38). The van der Waals surface area contributed by atoms with Gasteiger partial charge in [0.15, 0.2) is 0 Å². The molecule has 4 aromatic rings. The Bertz CT molecular complexity index is 1370. The summed E-state index contributed by atoms with van der Waals surface area (Å²) in [5.74, 6) is 1.59. The van der Waals surface area contributed by atoms with Gasteiger partial charge in [0.25, 0.3) is 0 Å². The highest BCUT2D eigenvalue weighted by molar-refractivity contribution is 5.76. The van der Waals surface area contributed by atoms with Crippen molar-refractivity contribution in [2.75, 3.05) is 20.3 Å². The molecule has 5 heteroatoms. The molecule has 0 aromatic heterocycles. The minimum atomic E-state index is -0.475. The van der Waals surface area contributed by atoms with Crippen molar-refractivity contribution in [1.82, 2.24) is 5.32 Å². The van der Waals surface area contributed by atoms with Crippen molar-refractivity contribution >= 4 is 6.09 Å². The maximum Gasteiger partial charge on any atom is 0.407 e. The molecule has 0 aliphatic rings. The Morgan fingerprint density at radius 2 is 1.24 bits per heavy atom. The molecule has 0 heterocycles. The van der Waals surface area contributed by atoms with E-state index >= 15 is 0 Å². The van der Waals surface area contributed by atoms with Crippen LogP contribution in [0.25, 0.3) is 33.4 Å². The number of rotatable bonds is 12. The van der Waals surface area contributed by atoms with Crippen LogP contribution in [0.1, 0.15) is 46.5 Å². The SMILES string of the molecule is COc1ccc(-c2ccc(-c3ccc(-c4ccccc4)cc3)cc2)c(OCCCCCCNC(=O)OC(C)(C)C)c1. The predicted octanol–water partition coefficient (Wildman–Crippen LogP) is 9.16. The van der Waals surface area contributed by atoms with E-state index in [-0.39, 0.29) is 6.09 Å². The zero-order chi connectivity index (χ0) is 29.1. The Kier molecular flexibility index (Phi) is 10.4. The monoisotopic (exact) mass is 551 g/mol. The molecule has 0 aliphatic heterocycles. The number of benzene rings is 4. The van der Waals surface area contributed by atoms with Crippen LogP contribution in [0, 0.1) is 0 Å². The highest BCUT2D eigenvalue weighted by atomic mass is 16.6. The van der Waals surface area contributed by atoms with E-state index < -0.39 is 5.60 Å². The Morgan fingerprint density at radius 3 is 1.83 bits per heavy atom. The van der Waals surface area contributed by atoms with Crippen molar-refractivity contribution in [3.8, 4) is 44.9 Å². The van der Waals surface area contributed by atoms with Crippen molar-refractivity contribution in [2.45, 2.75) is 52.1 Å². The van der Waals surface area contributed by atoms with E-state index in [1.807, 2.05) is 39.0 Å². The molecule has 0 unspecified atom stereocenters. The van der Waals surface area contributed by atoms with Gasteiger partial charge in [-0.25, -0.2) is 4.79 Å². The maximum absolute atomic E-state index is 11.7. The number of nitrogens with one attached hydrogen (secondary N) is 1. The fraction of sp³-hybridized carbons (Fsp3) is 0.306. The minimum Gasteiger partial charge on any atom is -0.497 e. The Balaban J connectivity index is 1.31. The van der Waals surface area contributed by atoms with Crippen LogP contribution in [-0.2, 0) is 4.74 Å². The fourth-order valence-corrected chi connectivity index (χ4v) is 4.58. The van der Waals surface area contributed by atoms with Crippen LogP contribution in [-0.4, -0.2) is 32.0 Å². The average Bonchev–Trinajstić information content (AvgIpc) is 2.98. The van der Waals surface area contributed by atoms with Gasteiger partial charge in [0.1, 0.15) is 17.1 Å². The first-order valence-corrected chi connectivity index (χ1v) is 14.4. The second-order valence-corrected chi connectivity index (χ2v) is 11.1. The first kappa shape index (κ1) is 29.7. The molecule has 0 saturated carbocycles. The smallest absolute Gasteiger partial charge is 0.407 e. The largest absolute Gasteiger partial charge is 0.497 e. The third-order valence-corrected chi connectivity index (χ3v) is 6.71. The lowest BCUT2D eigenvalue weighted by molar-refractivity contribution is 0.0527. The van der Waals surface area contributed by atoms with Crippen molar-refractivity contribution in [1.29, 1.82) is 0 Å². The number of carbonyl (C=O) groups is 1. The molecule has 4 rings (SSSR count). The summed E-state index contributed by atoms with van der Waals surface area (Å²) >= 11 is 0. The molecule has 1 N–H and O–H groups in total. The van der Waals surface area contributed by atoms with E-state index in [4.69, 9.17) is 14.2 Å². The van der Waals surface area contributed by atoms with Crippen molar-refractivity contribution in [3.63, 3.8) is 0 Å². The van der Waals surface area contributed by atoms with Crippen LogP contribution in [0.15, 0.2) is 97.1 Å². The number of hydrogen-bond acceptors (Lipinski definition) is 4. The van der Waals surface area contributed by atoms with Gasteiger partial charge in [-0.2, -0.15) is 0 Å². The number of unbranched alkanes of at least 4 members (excludes halogenated alkanes) is 3. The number of carbonyl (C=O) groups excluding carboxylic acids is 1. The average molecular weight is 552 g/mol. The van der Waals surface area contributed by atoms with E-state index in [0.29, 0.717) is 13.2 Å². The zero-order valence-corrected chi connectivity index (χ0v) is 24.6. The maximum atomic E-state index is 11.7. The molecule has 214 valence electrons. The summed E-state index contributed by atoms with van der Waals surface area (Å²) in [6.45, 7) is 6.82. The molecule has 0 radical (unpaired) electrons. The number of ether oxygens (including phenoxy) is 3. The second-order valence-electron chi connectivity index (χ2n) is 11.1. The molecular weight excluding hydrogens is 510 g/mol. The van der Waals surface area contributed by atoms with Crippen molar-refractivity contribution < 1.29 is 19.0 Å². The quantitative estimate of drug-likeness (QED) is 0.178. The lowest BCUT2D eigenvalue weighted by atomic mass is 9.98. The summed E-state index contributed by atoms with van der Waals surface area (Å²) in [5, 5.41) is 2.81. The molecule has 0 bridgehead atoms. The molecule has 41 heavy (non-hydrogen) atoms.